The maximum atomic E-state index is 5.46. The highest BCUT2D eigenvalue weighted by Gasteiger charge is 2.02. The first-order valence-electron chi connectivity index (χ1n) is 6.36. The molecule has 0 aliphatic rings. The van der Waals surface area contributed by atoms with Crippen molar-refractivity contribution in [2.45, 2.75) is 13.5 Å². The van der Waals surface area contributed by atoms with E-state index in [0.29, 0.717) is 13.2 Å². The van der Waals surface area contributed by atoms with Gasteiger partial charge in [0.2, 0.25) is 0 Å². The number of methoxy groups -OCH3 is 1. The first-order chi connectivity index (χ1) is 9.35. The second kappa shape index (κ2) is 6.92. The molecule has 2 aromatic rings. The van der Waals surface area contributed by atoms with Crippen LogP contribution in [0.25, 0.3) is 10.8 Å². The smallest absolute Gasteiger partial charge is 0.119 e. The summed E-state index contributed by atoms with van der Waals surface area (Å²) < 4.78 is 5.27. The Bertz CT molecular complexity index is 564. The van der Waals surface area contributed by atoms with Gasteiger partial charge in [0.15, 0.2) is 0 Å². The third kappa shape index (κ3) is 3.56. The lowest BCUT2D eigenvalue weighted by atomic mass is 10.0. The van der Waals surface area contributed by atoms with E-state index < -0.39 is 0 Å². The molecular weight excluding hydrogens is 238 g/mol. The molecule has 0 saturated heterocycles. The van der Waals surface area contributed by atoms with Crippen LogP contribution in [0, 0.1) is 0 Å². The standard InChI is InChI=1S/C16H19NO2/c1-3-4-10-17-19-12-14-7-5-6-13-8-9-15(18-2)11-16(13)14/h3-9,11,17H,10,12H2,1-2H3/b4-3+. The van der Waals surface area contributed by atoms with E-state index in [4.69, 9.17) is 9.57 Å². The topological polar surface area (TPSA) is 30.5 Å². The van der Waals surface area contributed by atoms with Crippen molar-refractivity contribution in [3.63, 3.8) is 0 Å². The SMILES string of the molecule is C/C=C/CNOCc1cccc2ccc(OC)cc12. The minimum atomic E-state index is 0.530. The van der Waals surface area contributed by atoms with E-state index in [0.717, 1.165) is 16.7 Å². The van der Waals surface area contributed by atoms with Gasteiger partial charge in [-0.05, 0) is 35.4 Å². The summed E-state index contributed by atoms with van der Waals surface area (Å²) >= 11 is 0. The predicted octanol–water partition coefficient (Wildman–Crippen LogP) is 3.45. The van der Waals surface area contributed by atoms with Gasteiger partial charge in [-0.25, -0.2) is 0 Å². The normalized spacial score (nSPS) is 11.3. The van der Waals surface area contributed by atoms with Crippen LogP contribution in [0.5, 0.6) is 5.75 Å². The van der Waals surface area contributed by atoms with Gasteiger partial charge in [-0.2, -0.15) is 5.48 Å². The molecule has 1 N–H and O–H groups in total. The number of hydrogen-bond acceptors (Lipinski definition) is 3. The quantitative estimate of drug-likeness (QED) is 0.488. The molecule has 0 spiro atoms. The average Bonchev–Trinajstić information content (AvgIpc) is 2.46. The highest BCUT2D eigenvalue weighted by Crippen LogP contribution is 2.24. The van der Waals surface area contributed by atoms with Crippen LogP contribution in [0.15, 0.2) is 48.6 Å². The Morgan fingerprint density at radius 3 is 2.89 bits per heavy atom. The van der Waals surface area contributed by atoms with Gasteiger partial charge >= 0.3 is 0 Å². The van der Waals surface area contributed by atoms with Crippen LogP contribution in [0.1, 0.15) is 12.5 Å². The Morgan fingerprint density at radius 1 is 1.21 bits per heavy atom. The van der Waals surface area contributed by atoms with E-state index in [2.05, 4.69) is 23.7 Å². The number of benzene rings is 2. The Kier molecular flexibility index (Phi) is 4.95. The van der Waals surface area contributed by atoms with E-state index in [9.17, 15) is 0 Å². The number of hydroxylamine groups is 1. The molecule has 0 aliphatic carbocycles. The Labute approximate surface area is 113 Å². The molecule has 3 nitrogen and oxygen atoms in total. The first kappa shape index (κ1) is 13.6. The molecule has 0 atom stereocenters. The Morgan fingerprint density at radius 2 is 2.11 bits per heavy atom. The summed E-state index contributed by atoms with van der Waals surface area (Å²) in [5.41, 5.74) is 4.05. The Balaban J connectivity index is 2.13. The molecule has 0 amide bonds. The van der Waals surface area contributed by atoms with Crippen LogP contribution in [0.4, 0.5) is 0 Å². The van der Waals surface area contributed by atoms with Gasteiger partial charge in [0.1, 0.15) is 5.75 Å². The van der Waals surface area contributed by atoms with Crippen molar-refractivity contribution in [3.05, 3.63) is 54.1 Å². The fourth-order valence-corrected chi connectivity index (χ4v) is 1.92. The molecule has 0 aliphatic heterocycles. The van der Waals surface area contributed by atoms with E-state index in [-0.39, 0.29) is 0 Å². The highest BCUT2D eigenvalue weighted by atomic mass is 16.6. The van der Waals surface area contributed by atoms with Crippen LogP contribution < -0.4 is 10.2 Å². The number of allylic oxidation sites excluding steroid dienone is 1. The zero-order valence-corrected chi connectivity index (χ0v) is 11.3. The van der Waals surface area contributed by atoms with Crippen LogP contribution >= 0.6 is 0 Å². The predicted molar refractivity (Wildman–Crippen MR) is 78.1 cm³/mol. The van der Waals surface area contributed by atoms with Gasteiger partial charge in [0.25, 0.3) is 0 Å². The van der Waals surface area contributed by atoms with E-state index >= 15 is 0 Å². The summed E-state index contributed by atoms with van der Waals surface area (Å²) in [7, 11) is 1.68. The lowest BCUT2D eigenvalue weighted by Gasteiger charge is -2.09. The minimum absolute atomic E-state index is 0.530. The maximum absolute atomic E-state index is 5.46. The number of hydrogen-bond donors (Lipinski definition) is 1. The molecular formula is C16H19NO2. The summed E-state index contributed by atoms with van der Waals surface area (Å²) in [5.74, 6) is 0.863. The average molecular weight is 257 g/mol. The summed E-state index contributed by atoms with van der Waals surface area (Å²) in [5, 5.41) is 2.35. The lowest BCUT2D eigenvalue weighted by Crippen LogP contribution is -2.14. The molecule has 3 heteroatoms. The molecule has 0 aromatic heterocycles. The van der Waals surface area contributed by atoms with Crippen molar-refractivity contribution in [1.29, 1.82) is 0 Å². The first-order valence-corrected chi connectivity index (χ1v) is 6.36. The fraction of sp³-hybridized carbons (Fsp3) is 0.250. The maximum Gasteiger partial charge on any atom is 0.119 e. The number of rotatable bonds is 6. The van der Waals surface area contributed by atoms with Gasteiger partial charge in [-0.15, -0.1) is 0 Å². The van der Waals surface area contributed by atoms with Crippen LogP contribution in [-0.4, -0.2) is 13.7 Å². The number of ether oxygens (including phenoxy) is 1. The van der Waals surface area contributed by atoms with Crippen LogP contribution in [-0.2, 0) is 11.4 Å². The zero-order chi connectivity index (χ0) is 13.5. The molecule has 0 unspecified atom stereocenters. The van der Waals surface area contributed by atoms with Crippen LogP contribution in [0.3, 0.4) is 0 Å². The van der Waals surface area contributed by atoms with Gasteiger partial charge in [0, 0.05) is 6.54 Å². The van der Waals surface area contributed by atoms with Crippen LogP contribution in [0.2, 0.25) is 0 Å². The van der Waals surface area contributed by atoms with Crippen molar-refractivity contribution in [2.75, 3.05) is 13.7 Å². The molecule has 100 valence electrons. The molecule has 0 saturated carbocycles. The van der Waals surface area contributed by atoms with E-state index in [1.807, 2.05) is 37.3 Å². The minimum Gasteiger partial charge on any atom is -0.497 e. The summed E-state index contributed by atoms with van der Waals surface area (Å²) in [6.45, 7) is 3.23. The van der Waals surface area contributed by atoms with Gasteiger partial charge in [-0.3, -0.25) is 4.84 Å². The largest absolute Gasteiger partial charge is 0.497 e. The van der Waals surface area contributed by atoms with Crippen molar-refractivity contribution in [1.82, 2.24) is 5.48 Å². The fourth-order valence-electron chi connectivity index (χ4n) is 1.92. The number of fused-ring (bicyclic) bond motifs is 1. The van der Waals surface area contributed by atoms with Crippen molar-refractivity contribution in [2.24, 2.45) is 0 Å². The molecule has 0 radical (unpaired) electrons. The molecule has 0 fully saturated rings. The van der Waals surface area contributed by atoms with Crippen molar-refractivity contribution in [3.8, 4) is 5.75 Å². The highest BCUT2D eigenvalue weighted by molar-refractivity contribution is 5.86. The molecule has 2 aromatic carbocycles. The Hall–Kier alpha value is -1.84. The number of nitrogens with one attached hydrogen (secondary N) is 1. The summed E-state index contributed by atoms with van der Waals surface area (Å²) in [6.07, 6.45) is 3.99. The summed E-state index contributed by atoms with van der Waals surface area (Å²) in [4.78, 5) is 5.46. The second-order valence-corrected chi connectivity index (χ2v) is 4.21. The van der Waals surface area contributed by atoms with Gasteiger partial charge < -0.3 is 4.74 Å². The zero-order valence-electron chi connectivity index (χ0n) is 11.3. The molecule has 19 heavy (non-hydrogen) atoms. The second-order valence-electron chi connectivity index (χ2n) is 4.21. The van der Waals surface area contributed by atoms with E-state index in [1.54, 1.807) is 7.11 Å². The van der Waals surface area contributed by atoms with Gasteiger partial charge in [0.05, 0.1) is 13.7 Å². The molecule has 0 bridgehead atoms. The lowest BCUT2D eigenvalue weighted by molar-refractivity contribution is 0.0358. The molecule has 0 heterocycles. The molecule has 2 rings (SSSR count). The summed E-state index contributed by atoms with van der Waals surface area (Å²) in [6, 6.07) is 12.3. The third-order valence-corrected chi connectivity index (χ3v) is 2.95. The van der Waals surface area contributed by atoms with E-state index in [1.165, 1.54) is 5.39 Å². The third-order valence-electron chi connectivity index (χ3n) is 2.95. The van der Waals surface area contributed by atoms with Gasteiger partial charge in [-0.1, -0.05) is 36.4 Å². The monoisotopic (exact) mass is 257 g/mol. The van der Waals surface area contributed by atoms with Crippen molar-refractivity contribution >= 4 is 10.8 Å². The van der Waals surface area contributed by atoms with Crippen molar-refractivity contribution < 1.29 is 9.57 Å².